The molecular weight excluding hydrogens is 274 g/mol. The third-order valence-corrected chi connectivity index (χ3v) is 5.27. The van der Waals surface area contributed by atoms with Crippen LogP contribution in [-0.4, -0.2) is 45.9 Å². The minimum absolute atomic E-state index is 0.646. The van der Waals surface area contributed by atoms with Crippen molar-refractivity contribution < 1.29 is 19.9 Å². The van der Waals surface area contributed by atoms with Gasteiger partial charge in [0.05, 0.1) is 13.2 Å². The number of piperazine rings is 1. The molecule has 0 spiro atoms. The molecule has 1 aromatic carbocycles. The molecule has 3 rings (SSSR count). The van der Waals surface area contributed by atoms with E-state index in [-0.39, 0.29) is 0 Å². The minimum Gasteiger partial charge on any atom is -0.494 e. The van der Waals surface area contributed by atoms with Crippen LogP contribution in [0.5, 0.6) is 5.75 Å². The van der Waals surface area contributed by atoms with Crippen LogP contribution < -0.4 is 19.9 Å². The van der Waals surface area contributed by atoms with Gasteiger partial charge in [-0.05, 0) is 31.5 Å². The maximum absolute atomic E-state index is 5.73. The number of nitrogens with two attached hydrogens (primary N) is 1. The molecule has 122 valence electrons. The molecule has 2 heterocycles. The number of hydrogen-bond acceptors (Lipinski definition) is 1. The van der Waals surface area contributed by atoms with Crippen molar-refractivity contribution in [2.75, 3.05) is 45.9 Å². The minimum atomic E-state index is 0.646. The number of rotatable bonds is 5. The van der Waals surface area contributed by atoms with Crippen molar-refractivity contribution >= 4 is 0 Å². The molecule has 4 N–H and O–H groups in total. The largest absolute Gasteiger partial charge is 0.494 e. The predicted molar refractivity (Wildman–Crippen MR) is 87.4 cm³/mol. The van der Waals surface area contributed by atoms with Crippen molar-refractivity contribution in [2.24, 2.45) is 0 Å². The molecule has 0 aliphatic carbocycles. The Kier molecular flexibility index (Phi) is 5.34. The summed E-state index contributed by atoms with van der Waals surface area (Å²) in [5.74, 6) is 1.04. The van der Waals surface area contributed by atoms with Crippen LogP contribution in [0.1, 0.15) is 37.4 Å². The Morgan fingerprint density at radius 1 is 1.18 bits per heavy atom. The summed E-state index contributed by atoms with van der Waals surface area (Å²) in [6, 6.07) is 7.37. The van der Waals surface area contributed by atoms with Crippen LogP contribution in [-0.2, 0) is 6.54 Å². The van der Waals surface area contributed by atoms with E-state index < -0.39 is 0 Å². The molecule has 0 bridgehead atoms. The molecular formula is C18H32N3O+3. The van der Waals surface area contributed by atoms with Crippen LogP contribution in [0.4, 0.5) is 0 Å². The molecule has 22 heavy (non-hydrogen) atoms. The van der Waals surface area contributed by atoms with Crippen LogP contribution in [0.15, 0.2) is 18.2 Å². The van der Waals surface area contributed by atoms with E-state index in [4.69, 9.17) is 4.74 Å². The van der Waals surface area contributed by atoms with Crippen LogP contribution in [0.2, 0.25) is 0 Å². The van der Waals surface area contributed by atoms with E-state index in [2.05, 4.69) is 37.4 Å². The Labute approximate surface area is 134 Å². The van der Waals surface area contributed by atoms with E-state index in [0.29, 0.717) is 6.04 Å². The fraction of sp³-hybridized carbons (Fsp3) is 0.667. The van der Waals surface area contributed by atoms with Crippen molar-refractivity contribution in [3.8, 4) is 5.75 Å². The highest BCUT2D eigenvalue weighted by atomic mass is 16.5. The number of hydrogen-bond donors (Lipinski definition) is 3. The Hall–Kier alpha value is -1.10. The molecule has 0 unspecified atom stereocenters. The molecule has 1 aromatic rings. The maximum Gasteiger partial charge on any atom is 0.164 e. The quantitative estimate of drug-likeness (QED) is 0.602. The van der Waals surface area contributed by atoms with Gasteiger partial charge in [0.1, 0.15) is 45.0 Å². The van der Waals surface area contributed by atoms with E-state index >= 15 is 0 Å². The van der Waals surface area contributed by atoms with E-state index in [1.54, 1.807) is 15.4 Å². The fourth-order valence-corrected chi connectivity index (χ4v) is 4.14. The lowest BCUT2D eigenvalue weighted by molar-refractivity contribution is -1.03. The van der Waals surface area contributed by atoms with Gasteiger partial charge in [0.2, 0.25) is 0 Å². The lowest BCUT2D eigenvalue weighted by atomic mass is 9.94. The van der Waals surface area contributed by atoms with Gasteiger partial charge in [-0.25, -0.2) is 0 Å². The summed E-state index contributed by atoms with van der Waals surface area (Å²) in [4.78, 5) is 3.58. The Morgan fingerprint density at radius 3 is 2.73 bits per heavy atom. The van der Waals surface area contributed by atoms with E-state index in [1.165, 1.54) is 51.3 Å². The second-order valence-corrected chi connectivity index (χ2v) is 6.73. The van der Waals surface area contributed by atoms with Crippen molar-refractivity contribution in [3.05, 3.63) is 29.3 Å². The third kappa shape index (κ3) is 3.45. The van der Waals surface area contributed by atoms with E-state index in [9.17, 15) is 0 Å². The first-order valence-electron chi connectivity index (χ1n) is 9.07. The highest BCUT2D eigenvalue weighted by Gasteiger charge is 2.35. The second kappa shape index (κ2) is 7.44. The number of ether oxygens (including phenoxy) is 1. The smallest absolute Gasteiger partial charge is 0.164 e. The Morgan fingerprint density at radius 2 is 2.00 bits per heavy atom. The average molecular weight is 306 g/mol. The zero-order valence-corrected chi connectivity index (χ0v) is 14.2. The van der Waals surface area contributed by atoms with Crippen molar-refractivity contribution in [1.29, 1.82) is 0 Å². The number of nitrogens with one attached hydrogen (secondary N) is 2. The molecule has 4 heteroatoms. The Balaban J connectivity index is 1.72. The summed E-state index contributed by atoms with van der Waals surface area (Å²) >= 11 is 0. The van der Waals surface area contributed by atoms with Gasteiger partial charge in [-0.1, -0.05) is 6.92 Å². The normalized spacial score (nSPS) is 28.2. The van der Waals surface area contributed by atoms with Crippen molar-refractivity contribution in [1.82, 2.24) is 0 Å². The van der Waals surface area contributed by atoms with Crippen LogP contribution in [0, 0.1) is 0 Å². The van der Waals surface area contributed by atoms with Crippen molar-refractivity contribution in [3.63, 3.8) is 0 Å². The molecule has 2 aliphatic heterocycles. The monoisotopic (exact) mass is 306 g/mol. The predicted octanol–water partition coefficient (Wildman–Crippen LogP) is -1.60. The van der Waals surface area contributed by atoms with Gasteiger partial charge in [-0.3, -0.25) is 0 Å². The van der Waals surface area contributed by atoms with Gasteiger partial charge in [0.25, 0.3) is 0 Å². The molecule has 0 saturated carbocycles. The van der Waals surface area contributed by atoms with E-state index in [0.717, 1.165) is 18.9 Å². The summed E-state index contributed by atoms with van der Waals surface area (Å²) in [5, 5.41) is 2.48. The molecule has 0 aromatic heterocycles. The van der Waals surface area contributed by atoms with Gasteiger partial charge in [0.15, 0.2) is 6.04 Å². The zero-order chi connectivity index (χ0) is 15.4. The number of fused-ring (bicyclic) bond motifs is 1. The molecule has 2 aliphatic rings. The second-order valence-electron chi connectivity index (χ2n) is 6.73. The zero-order valence-electron chi connectivity index (χ0n) is 14.2. The molecule has 0 amide bonds. The standard InChI is InChI=1S/C18H29N3O/c1-3-7-20-8-10-21(11-9-20)18-14-19-13-15-5-6-16(22-4-2)12-17(15)18/h5-6,12,18-19H,3-4,7-11,13-14H2,1-2H3/p+3/t18-/m0/s1. The summed E-state index contributed by atoms with van der Waals surface area (Å²) < 4.78 is 5.73. The summed E-state index contributed by atoms with van der Waals surface area (Å²) in [5.41, 5.74) is 3.05. The fourth-order valence-electron chi connectivity index (χ4n) is 4.14. The molecule has 1 fully saturated rings. The van der Waals surface area contributed by atoms with Gasteiger partial charge < -0.3 is 19.9 Å². The Bertz CT molecular complexity index is 483. The summed E-state index contributed by atoms with van der Waals surface area (Å²) in [6.45, 7) is 14.1. The highest BCUT2D eigenvalue weighted by Crippen LogP contribution is 2.23. The lowest BCUT2D eigenvalue weighted by Gasteiger charge is -2.36. The van der Waals surface area contributed by atoms with Crippen LogP contribution in [0.3, 0.4) is 0 Å². The van der Waals surface area contributed by atoms with Gasteiger partial charge >= 0.3 is 0 Å². The molecule has 0 radical (unpaired) electrons. The topological polar surface area (TPSA) is 34.7 Å². The number of benzene rings is 1. The maximum atomic E-state index is 5.73. The summed E-state index contributed by atoms with van der Waals surface area (Å²) in [6.07, 6.45) is 1.31. The summed E-state index contributed by atoms with van der Waals surface area (Å²) in [7, 11) is 0. The SMILES string of the molecule is CCC[NH+]1CC[NH+]([C@H]2C[NH2+]Cc3ccc(OCC)cc32)CC1. The lowest BCUT2D eigenvalue weighted by Crippen LogP contribution is -3.29. The van der Waals surface area contributed by atoms with Crippen LogP contribution in [0.25, 0.3) is 0 Å². The van der Waals surface area contributed by atoms with Crippen LogP contribution >= 0.6 is 0 Å². The first-order valence-corrected chi connectivity index (χ1v) is 9.07. The van der Waals surface area contributed by atoms with Gasteiger partial charge in [0, 0.05) is 11.1 Å². The number of quaternary nitrogens is 3. The van der Waals surface area contributed by atoms with Crippen molar-refractivity contribution in [2.45, 2.75) is 32.9 Å². The molecule has 4 nitrogen and oxygen atoms in total. The third-order valence-electron chi connectivity index (χ3n) is 5.27. The van der Waals surface area contributed by atoms with Gasteiger partial charge in [-0.15, -0.1) is 0 Å². The molecule has 1 atom stereocenters. The molecule has 1 saturated heterocycles. The van der Waals surface area contributed by atoms with E-state index in [1.807, 2.05) is 0 Å². The first kappa shape index (κ1) is 15.8. The van der Waals surface area contributed by atoms with Gasteiger partial charge in [-0.2, -0.15) is 0 Å². The first-order chi connectivity index (χ1) is 10.8. The highest BCUT2D eigenvalue weighted by molar-refractivity contribution is 5.37. The average Bonchev–Trinajstić information content (AvgIpc) is 2.56.